The number of hydrogen-bond donors (Lipinski definition) is 2. The van der Waals surface area contributed by atoms with Crippen LogP contribution < -0.4 is 15.8 Å². The van der Waals surface area contributed by atoms with Crippen LogP contribution in [-0.2, 0) is 20.7 Å². The van der Waals surface area contributed by atoms with E-state index in [9.17, 15) is 9.59 Å². The van der Waals surface area contributed by atoms with E-state index in [1.54, 1.807) is 35.4 Å². The van der Waals surface area contributed by atoms with Gasteiger partial charge in [0.05, 0.1) is 18.7 Å². The fraction of sp³-hybridized carbons (Fsp3) is 0.333. The number of ether oxygens (including phenoxy) is 2. The monoisotopic (exact) mass is 532 g/mol. The molecule has 1 amide bonds. The first-order valence-electron chi connectivity index (χ1n) is 12.3. The Hall–Kier alpha value is -4.60. The molecule has 1 fully saturated rings. The summed E-state index contributed by atoms with van der Waals surface area (Å²) in [6, 6.07) is 8.30. The highest BCUT2D eigenvalue weighted by Crippen LogP contribution is 2.11. The van der Waals surface area contributed by atoms with Gasteiger partial charge in [-0.2, -0.15) is 15.2 Å². The van der Waals surface area contributed by atoms with Crippen LogP contribution in [0.15, 0.2) is 66.7 Å². The van der Waals surface area contributed by atoms with E-state index in [-0.39, 0.29) is 12.6 Å². The number of anilines is 1. The molecule has 204 valence electrons. The Balaban J connectivity index is 1.59. The summed E-state index contributed by atoms with van der Waals surface area (Å²) in [5.74, 6) is -0.220. The number of nitrogens with one attached hydrogen (secondary N) is 1. The van der Waals surface area contributed by atoms with Gasteiger partial charge >= 0.3 is 12.0 Å². The van der Waals surface area contributed by atoms with E-state index in [0.717, 1.165) is 30.6 Å². The van der Waals surface area contributed by atoms with E-state index in [0.29, 0.717) is 43.1 Å². The van der Waals surface area contributed by atoms with Crippen molar-refractivity contribution in [3.63, 3.8) is 0 Å². The van der Waals surface area contributed by atoms with Crippen LogP contribution in [0.3, 0.4) is 0 Å². The first-order chi connectivity index (χ1) is 18.9. The summed E-state index contributed by atoms with van der Waals surface area (Å²) >= 11 is 0. The molecule has 0 saturated carbocycles. The molecule has 1 aromatic carbocycles. The lowest BCUT2D eigenvalue weighted by Gasteiger charge is -2.32. The predicted molar refractivity (Wildman–Crippen MR) is 144 cm³/mol. The lowest BCUT2D eigenvalue weighted by molar-refractivity contribution is -0.144. The Morgan fingerprint density at radius 1 is 1.26 bits per heavy atom. The summed E-state index contributed by atoms with van der Waals surface area (Å²) in [6.07, 6.45) is 7.89. The highest BCUT2D eigenvalue weighted by Gasteiger charge is 2.17. The van der Waals surface area contributed by atoms with Gasteiger partial charge in [0.1, 0.15) is 19.0 Å². The Bertz CT molecular complexity index is 1230. The third kappa shape index (κ3) is 9.66. The number of methoxy groups -OCH3 is 1. The predicted octanol–water partition coefficient (Wildman–Crippen LogP) is 1.05. The summed E-state index contributed by atoms with van der Waals surface area (Å²) in [5.41, 5.74) is 8.88. The molecular weight excluding hydrogens is 500 g/mol. The fourth-order valence-electron chi connectivity index (χ4n) is 3.73. The minimum atomic E-state index is -0.843. The molecule has 1 aromatic heterocycles. The van der Waals surface area contributed by atoms with Gasteiger partial charge in [-0.3, -0.25) is 14.5 Å². The molecular formula is C27H32N8O4. The van der Waals surface area contributed by atoms with Crippen molar-refractivity contribution in [2.24, 2.45) is 5.73 Å². The summed E-state index contributed by atoms with van der Waals surface area (Å²) < 4.78 is 10.4. The number of esters is 1. The first kappa shape index (κ1) is 29.0. The average Bonchev–Trinajstić information content (AvgIpc) is 2.96. The summed E-state index contributed by atoms with van der Waals surface area (Å²) in [7, 11) is 1.47. The third-order valence-corrected chi connectivity index (χ3v) is 5.84. The number of rotatable bonds is 13. The molecule has 1 aliphatic rings. The molecule has 3 rings (SSSR count). The molecule has 1 aliphatic heterocycles. The molecule has 39 heavy (non-hydrogen) atoms. The molecule has 3 N–H and O–H groups in total. The number of carbonyl (C=O) groups excluding carboxylic acids is 2. The van der Waals surface area contributed by atoms with Crippen LogP contribution in [0.4, 0.5) is 5.95 Å². The highest BCUT2D eigenvalue weighted by molar-refractivity contribution is 5.76. The highest BCUT2D eigenvalue weighted by atomic mass is 16.5. The first-order valence-corrected chi connectivity index (χ1v) is 12.3. The molecule has 2 heterocycles. The van der Waals surface area contributed by atoms with E-state index < -0.39 is 12.0 Å². The van der Waals surface area contributed by atoms with Gasteiger partial charge in [0.25, 0.3) is 0 Å². The van der Waals surface area contributed by atoms with Gasteiger partial charge in [-0.25, -0.2) is 4.98 Å². The average molecular weight is 533 g/mol. The quantitative estimate of drug-likeness (QED) is 0.216. The molecule has 1 atom stereocenters. The maximum absolute atomic E-state index is 12.5. The Morgan fingerprint density at radius 2 is 2.00 bits per heavy atom. The molecule has 12 heteroatoms. The zero-order valence-electron chi connectivity index (χ0n) is 21.8. The van der Waals surface area contributed by atoms with Gasteiger partial charge in [-0.05, 0) is 41.3 Å². The lowest BCUT2D eigenvalue weighted by atomic mass is 10.1. The molecule has 12 nitrogen and oxygen atoms in total. The zero-order valence-corrected chi connectivity index (χ0v) is 21.8. The SMILES string of the molecule is C=C(/C=C(\C=C\Nc1ncnc(OC)n1)CN1CCN(C=O)CC1)COC(=O)[C@@H](N)Cc1ccc(C#N)cc1. The number of amides is 1. The van der Waals surface area contributed by atoms with Crippen molar-refractivity contribution >= 4 is 18.3 Å². The van der Waals surface area contributed by atoms with Crippen molar-refractivity contribution < 1.29 is 19.1 Å². The van der Waals surface area contributed by atoms with Crippen molar-refractivity contribution in [2.45, 2.75) is 12.5 Å². The Morgan fingerprint density at radius 3 is 2.67 bits per heavy atom. The largest absolute Gasteiger partial charge is 0.467 e. The third-order valence-electron chi connectivity index (χ3n) is 5.84. The molecule has 0 aliphatic carbocycles. The standard InChI is InChI=1S/C27H32N8O4/c1-20(17-39-25(37)24(29)14-21-3-5-22(15-28)6-4-21)13-23(16-34-9-11-35(19-36)12-10-34)7-8-30-26-31-18-32-27(33-26)38-2/h3-8,13,18-19,24H,1,9-12,14,16-17,29H2,2H3,(H,30,31,32,33)/b8-7+,23-13+/t24-/m0/s1. The van der Waals surface area contributed by atoms with E-state index in [1.165, 1.54) is 13.4 Å². The smallest absolute Gasteiger partial charge is 0.323 e. The van der Waals surface area contributed by atoms with Crippen LogP contribution in [0.5, 0.6) is 6.01 Å². The maximum Gasteiger partial charge on any atom is 0.323 e. The van der Waals surface area contributed by atoms with Crippen molar-refractivity contribution in [3.8, 4) is 12.1 Å². The lowest BCUT2D eigenvalue weighted by Crippen LogP contribution is -2.46. The molecule has 0 radical (unpaired) electrons. The number of nitrogens with two attached hydrogens (primary N) is 1. The van der Waals surface area contributed by atoms with Crippen LogP contribution in [0.1, 0.15) is 11.1 Å². The Kier molecular flexibility index (Phi) is 11.1. The van der Waals surface area contributed by atoms with Crippen molar-refractivity contribution in [1.82, 2.24) is 24.8 Å². The fourth-order valence-corrected chi connectivity index (χ4v) is 3.73. The normalized spacial score (nSPS) is 14.9. The van der Waals surface area contributed by atoms with Gasteiger partial charge in [-0.1, -0.05) is 24.8 Å². The molecule has 2 aromatic rings. The molecule has 0 spiro atoms. The number of benzene rings is 1. The number of piperazine rings is 1. The van der Waals surface area contributed by atoms with Crippen molar-refractivity contribution in [1.29, 1.82) is 5.26 Å². The molecule has 0 bridgehead atoms. The second-order valence-electron chi connectivity index (χ2n) is 8.80. The van der Waals surface area contributed by atoms with Crippen LogP contribution in [0.2, 0.25) is 0 Å². The van der Waals surface area contributed by atoms with Crippen LogP contribution >= 0.6 is 0 Å². The second-order valence-corrected chi connectivity index (χ2v) is 8.80. The number of nitrogens with zero attached hydrogens (tertiary/aromatic N) is 6. The number of aromatic nitrogens is 3. The van der Waals surface area contributed by atoms with E-state index in [4.69, 9.17) is 20.5 Å². The summed E-state index contributed by atoms with van der Waals surface area (Å²) in [4.78, 5) is 39.5. The van der Waals surface area contributed by atoms with Crippen LogP contribution in [0.25, 0.3) is 0 Å². The van der Waals surface area contributed by atoms with E-state index in [1.807, 2.05) is 12.2 Å². The second kappa shape index (κ2) is 15.0. The van der Waals surface area contributed by atoms with Gasteiger partial charge < -0.3 is 25.4 Å². The zero-order chi connectivity index (χ0) is 28.0. The molecule has 0 unspecified atom stereocenters. The summed E-state index contributed by atoms with van der Waals surface area (Å²) in [6.45, 7) is 7.37. The van der Waals surface area contributed by atoms with E-state index in [2.05, 4.69) is 37.8 Å². The van der Waals surface area contributed by atoms with Gasteiger partial charge in [0.2, 0.25) is 12.4 Å². The van der Waals surface area contributed by atoms with E-state index >= 15 is 0 Å². The van der Waals surface area contributed by atoms with Crippen LogP contribution in [-0.4, -0.2) is 89.6 Å². The van der Waals surface area contributed by atoms with Gasteiger partial charge in [0.15, 0.2) is 0 Å². The number of nitriles is 1. The molecule has 1 saturated heterocycles. The Labute approximate surface area is 227 Å². The number of carbonyl (C=O) groups is 2. The topological polar surface area (TPSA) is 160 Å². The number of hydrogen-bond acceptors (Lipinski definition) is 11. The maximum atomic E-state index is 12.5. The van der Waals surface area contributed by atoms with Crippen molar-refractivity contribution in [2.75, 3.05) is 51.8 Å². The van der Waals surface area contributed by atoms with Crippen molar-refractivity contribution in [3.05, 3.63) is 77.8 Å². The minimum Gasteiger partial charge on any atom is -0.467 e. The van der Waals surface area contributed by atoms with Gasteiger partial charge in [-0.15, -0.1) is 0 Å². The van der Waals surface area contributed by atoms with Gasteiger partial charge in [0, 0.05) is 38.9 Å². The minimum absolute atomic E-state index is 0.0196. The van der Waals surface area contributed by atoms with Crippen LogP contribution in [0, 0.1) is 11.3 Å². The summed E-state index contributed by atoms with van der Waals surface area (Å²) in [5, 5.41) is 11.9.